The number of ether oxygens (including phenoxy) is 1. The Kier molecular flexibility index (Phi) is 7.63. The van der Waals surface area contributed by atoms with Crippen LogP contribution in [0.2, 0.25) is 5.02 Å². The van der Waals surface area contributed by atoms with Gasteiger partial charge in [-0.1, -0.05) is 23.7 Å². The Bertz CT molecular complexity index is 809. The van der Waals surface area contributed by atoms with Gasteiger partial charge in [-0.05, 0) is 43.3 Å². The highest BCUT2D eigenvalue weighted by Crippen LogP contribution is 2.14. The lowest BCUT2D eigenvalue weighted by atomic mass is 10.2. The number of hydrazine groups is 1. The lowest BCUT2D eigenvalue weighted by Crippen LogP contribution is -2.42. The molecule has 0 aliphatic heterocycles. The van der Waals surface area contributed by atoms with E-state index in [1.807, 2.05) is 6.92 Å². The largest absolute Gasteiger partial charge is 0.494 e. The molecule has 2 aromatic carbocycles. The van der Waals surface area contributed by atoms with Crippen molar-refractivity contribution in [2.24, 2.45) is 0 Å². The number of rotatable bonds is 7. The third-order valence-corrected chi connectivity index (χ3v) is 3.83. The summed E-state index contributed by atoms with van der Waals surface area (Å²) >= 11 is 5.94. The number of carbonyl (C=O) groups is 3. The molecule has 0 bridgehead atoms. The molecule has 0 saturated heterocycles. The zero-order valence-corrected chi connectivity index (χ0v) is 15.5. The van der Waals surface area contributed by atoms with Gasteiger partial charge in [0.05, 0.1) is 17.2 Å². The summed E-state index contributed by atoms with van der Waals surface area (Å²) in [6.45, 7) is 2.51. The SMILES string of the molecule is CCOc1ccc(C(=O)NNC(=O)CCNC(=O)c2ccccc2Cl)cc1. The highest BCUT2D eigenvalue weighted by atomic mass is 35.5. The summed E-state index contributed by atoms with van der Waals surface area (Å²) < 4.78 is 5.30. The minimum absolute atomic E-state index is 0.000248. The number of carbonyl (C=O) groups excluding carboxylic acids is 3. The van der Waals surface area contributed by atoms with E-state index in [2.05, 4.69) is 16.2 Å². The highest BCUT2D eigenvalue weighted by molar-refractivity contribution is 6.33. The van der Waals surface area contributed by atoms with Crippen LogP contribution in [-0.4, -0.2) is 30.9 Å². The maximum Gasteiger partial charge on any atom is 0.269 e. The molecule has 0 saturated carbocycles. The van der Waals surface area contributed by atoms with E-state index < -0.39 is 11.8 Å². The van der Waals surface area contributed by atoms with Gasteiger partial charge in [-0.25, -0.2) is 0 Å². The lowest BCUT2D eigenvalue weighted by molar-refractivity contribution is -0.121. The van der Waals surface area contributed by atoms with Gasteiger partial charge in [0.1, 0.15) is 5.75 Å². The zero-order chi connectivity index (χ0) is 19.6. The van der Waals surface area contributed by atoms with Gasteiger partial charge in [0.15, 0.2) is 0 Å². The number of amides is 3. The summed E-state index contributed by atoms with van der Waals surface area (Å²) in [7, 11) is 0. The first-order valence-electron chi connectivity index (χ1n) is 8.36. The normalized spacial score (nSPS) is 10.0. The fourth-order valence-corrected chi connectivity index (χ4v) is 2.38. The van der Waals surface area contributed by atoms with E-state index in [0.717, 1.165) is 0 Å². The first-order valence-corrected chi connectivity index (χ1v) is 8.74. The summed E-state index contributed by atoms with van der Waals surface area (Å²) in [6, 6.07) is 13.2. The molecule has 8 heteroatoms. The fraction of sp³-hybridized carbons (Fsp3) is 0.211. The van der Waals surface area contributed by atoms with Crippen molar-refractivity contribution < 1.29 is 19.1 Å². The van der Waals surface area contributed by atoms with Crippen LogP contribution in [-0.2, 0) is 4.79 Å². The predicted octanol–water partition coefficient (Wildman–Crippen LogP) is 2.32. The summed E-state index contributed by atoms with van der Waals surface area (Å²) in [6.07, 6.45) is -0.000248. The number of nitrogens with one attached hydrogen (secondary N) is 3. The first kappa shape index (κ1) is 20.3. The zero-order valence-electron chi connectivity index (χ0n) is 14.8. The van der Waals surface area contributed by atoms with Crippen molar-refractivity contribution in [1.29, 1.82) is 0 Å². The van der Waals surface area contributed by atoms with Gasteiger partial charge >= 0.3 is 0 Å². The smallest absolute Gasteiger partial charge is 0.269 e. The van der Waals surface area contributed by atoms with Crippen LogP contribution in [0.3, 0.4) is 0 Å². The van der Waals surface area contributed by atoms with Crippen molar-refractivity contribution in [3.63, 3.8) is 0 Å². The molecule has 0 aliphatic rings. The Morgan fingerprint density at radius 3 is 2.33 bits per heavy atom. The van der Waals surface area contributed by atoms with Gasteiger partial charge in [0.2, 0.25) is 5.91 Å². The molecule has 0 spiro atoms. The van der Waals surface area contributed by atoms with Gasteiger partial charge in [-0.3, -0.25) is 25.2 Å². The van der Waals surface area contributed by atoms with E-state index in [0.29, 0.717) is 28.5 Å². The van der Waals surface area contributed by atoms with E-state index in [1.165, 1.54) is 0 Å². The average molecular weight is 390 g/mol. The monoisotopic (exact) mass is 389 g/mol. The number of hydrogen-bond acceptors (Lipinski definition) is 4. The minimum Gasteiger partial charge on any atom is -0.494 e. The fourth-order valence-electron chi connectivity index (χ4n) is 2.16. The quantitative estimate of drug-likeness (QED) is 0.633. The third-order valence-electron chi connectivity index (χ3n) is 3.50. The molecule has 0 heterocycles. The van der Waals surface area contributed by atoms with E-state index in [9.17, 15) is 14.4 Å². The molecule has 3 amide bonds. The highest BCUT2D eigenvalue weighted by Gasteiger charge is 2.11. The van der Waals surface area contributed by atoms with Crippen molar-refractivity contribution in [2.75, 3.05) is 13.2 Å². The van der Waals surface area contributed by atoms with Crippen LogP contribution in [0.15, 0.2) is 48.5 Å². The molecular formula is C19H20ClN3O4. The minimum atomic E-state index is -0.452. The molecule has 2 rings (SSSR count). The van der Waals surface area contributed by atoms with Crippen molar-refractivity contribution in [3.8, 4) is 5.75 Å². The molecule has 0 unspecified atom stereocenters. The molecule has 0 radical (unpaired) electrons. The van der Waals surface area contributed by atoms with Crippen molar-refractivity contribution in [2.45, 2.75) is 13.3 Å². The topological polar surface area (TPSA) is 96.5 Å². The molecular weight excluding hydrogens is 370 g/mol. The molecule has 0 fully saturated rings. The standard InChI is InChI=1S/C19H20ClN3O4/c1-2-27-14-9-7-13(8-10-14)18(25)23-22-17(24)11-12-21-19(26)15-5-3-4-6-16(15)20/h3-10H,2,11-12H2,1H3,(H,21,26)(H,22,24)(H,23,25). The van der Waals surface area contributed by atoms with Crippen LogP contribution in [0.25, 0.3) is 0 Å². The summed E-state index contributed by atoms with van der Waals surface area (Å²) in [5.41, 5.74) is 5.33. The molecule has 0 aliphatic carbocycles. The molecule has 3 N–H and O–H groups in total. The van der Waals surface area contributed by atoms with Crippen molar-refractivity contribution in [3.05, 3.63) is 64.7 Å². The van der Waals surface area contributed by atoms with Crippen LogP contribution < -0.4 is 20.9 Å². The Morgan fingerprint density at radius 2 is 1.67 bits per heavy atom. The van der Waals surface area contributed by atoms with Crippen LogP contribution in [0, 0.1) is 0 Å². The Hall–Kier alpha value is -3.06. The van der Waals surface area contributed by atoms with Crippen LogP contribution in [0.1, 0.15) is 34.1 Å². The number of benzene rings is 2. The van der Waals surface area contributed by atoms with Gasteiger partial charge in [-0.2, -0.15) is 0 Å². The van der Waals surface area contributed by atoms with Gasteiger partial charge < -0.3 is 10.1 Å². The van der Waals surface area contributed by atoms with Crippen LogP contribution >= 0.6 is 11.6 Å². The maximum atomic E-state index is 12.0. The van der Waals surface area contributed by atoms with E-state index in [4.69, 9.17) is 16.3 Å². The summed E-state index contributed by atoms with van der Waals surface area (Å²) in [5.74, 6) is -0.598. The average Bonchev–Trinajstić information content (AvgIpc) is 2.67. The molecule has 2 aromatic rings. The first-order chi connectivity index (χ1) is 13.0. The van der Waals surface area contributed by atoms with Gasteiger partial charge in [0, 0.05) is 18.5 Å². The van der Waals surface area contributed by atoms with E-state index in [1.54, 1.807) is 48.5 Å². The van der Waals surface area contributed by atoms with Gasteiger partial charge in [0.25, 0.3) is 11.8 Å². The second-order valence-electron chi connectivity index (χ2n) is 5.45. The maximum absolute atomic E-state index is 12.0. The molecule has 0 atom stereocenters. The van der Waals surface area contributed by atoms with Crippen LogP contribution in [0.5, 0.6) is 5.75 Å². The van der Waals surface area contributed by atoms with Crippen LogP contribution in [0.4, 0.5) is 0 Å². The van der Waals surface area contributed by atoms with Crippen molar-refractivity contribution >= 4 is 29.3 Å². The molecule has 27 heavy (non-hydrogen) atoms. The third kappa shape index (κ3) is 6.31. The van der Waals surface area contributed by atoms with Crippen molar-refractivity contribution in [1.82, 2.24) is 16.2 Å². The number of hydrogen-bond donors (Lipinski definition) is 3. The summed E-state index contributed by atoms with van der Waals surface area (Å²) in [4.78, 5) is 35.7. The Labute approximate surface area is 162 Å². The Morgan fingerprint density at radius 1 is 0.963 bits per heavy atom. The second-order valence-corrected chi connectivity index (χ2v) is 5.85. The van der Waals surface area contributed by atoms with E-state index in [-0.39, 0.29) is 18.9 Å². The molecule has 142 valence electrons. The summed E-state index contributed by atoms with van der Waals surface area (Å²) in [5, 5.41) is 2.93. The van der Waals surface area contributed by atoms with E-state index >= 15 is 0 Å². The number of halogens is 1. The van der Waals surface area contributed by atoms with Gasteiger partial charge in [-0.15, -0.1) is 0 Å². The Balaban J connectivity index is 1.72. The second kappa shape index (κ2) is 10.2. The molecule has 7 nitrogen and oxygen atoms in total. The lowest BCUT2D eigenvalue weighted by Gasteiger charge is -2.09. The predicted molar refractivity (Wildman–Crippen MR) is 102 cm³/mol. The molecule has 0 aromatic heterocycles.